The van der Waals surface area contributed by atoms with Gasteiger partial charge in [-0.3, -0.25) is 9.36 Å². The van der Waals surface area contributed by atoms with Gasteiger partial charge in [0, 0.05) is 6.07 Å². The van der Waals surface area contributed by atoms with Crippen LogP contribution in [0.1, 0.15) is 36.6 Å². The second-order valence-electron chi connectivity index (χ2n) is 8.26. The minimum Gasteiger partial charge on any atom is -0.496 e. The van der Waals surface area contributed by atoms with Crippen molar-refractivity contribution in [1.29, 1.82) is 0 Å². The molecule has 0 radical (unpaired) electrons. The average molecular weight is 543 g/mol. The summed E-state index contributed by atoms with van der Waals surface area (Å²) in [6, 6.07) is 8.20. The topological polar surface area (TPSA) is 88.4 Å². The van der Waals surface area contributed by atoms with Gasteiger partial charge in [0.25, 0.3) is 5.56 Å². The molecule has 2 heterocycles. The molecule has 1 aromatic heterocycles. The zero-order chi connectivity index (χ0) is 26.9. The SMILES string of the molecule is CCOC(=O)C1=C(C)N=c2s/c(=C/c3cc(OC)c(OC)cc3Cl)c(=O)n2[C@@H]1c1ccc(C)c(OC)c1. The Balaban J connectivity index is 1.98. The van der Waals surface area contributed by atoms with Crippen molar-refractivity contribution in [3.63, 3.8) is 0 Å². The van der Waals surface area contributed by atoms with Gasteiger partial charge in [0.1, 0.15) is 5.75 Å². The predicted molar refractivity (Wildman–Crippen MR) is 143 cm³/mol. The van der Waals surface area contributed by atoms with E-state index in [-0.39, 0.29) is 12.2 Å². The van der Waals surface area contributed by atoms with E-state index in [1.165, 1.54) is 30.1 Å². The number of benzene rings is 2. The lowest BCUT2D eigenvalue weighted by atomic mass is 9.95. The summed E-state index contributed by atoms with van der Waals surface area (Å²) in [5, 5.41) is 0.395. The molecule has 1 aliphatic rings. The van der Waals surface area contributed by atoms with Gasteiger partial charge in [-0.25, -0.2) is 9.79 Å². The molecule has 4 rings (SSSR count). The van der Waals surface area contributed by atoms with Crippen LogP contribution in [0.25, 0.3) is 6.08 Å². The first kappa shape index (κ1) is 26.5. The molecule has 0 fully saturated rings. The molecule has 0 saturated heterocycles. The van der Waals surface area contributed by atoms with Gasteiger partial charge in [-0.1, -0.05) is 35.1 Å². The molecule has 10 heteroatoms. The molecule has 0 bridgehead atoms. The maximum absolute atomic E-state index is 13.8. The third kappa shape index (κ3) is 4.89. The summed E-state index contributed by atoms with van der Waals surface area (Å²) in [6.45, 7) is 5.60. The van der Waals surface area contributed by atoms with Crippen molar-refractivity contribution in [2.45, 2.75) is 26.8 Å². The number of rotatable bonds is 7. The Kier molecular flexibility index (Phi) is 7.75. The molecule has 0 spiro atoms. The van der Waals surface area contributed by atoms with Gasteiger partial charge in [-0.05, 0) is 55.7 Å². The van der Waals surface area contributed by atoms with Crippen molar-refractivity contribution in [3.8, 4) is 17.2 Å². The number of hydrogen-bond acceptors (Lipinski definition) is 8. The number of aromatic nitrogens is 1. The van der Waals surface area contributed by atoms with Gasteiger partial charge in [0.2, 0.25) is 0 Å². The summed E-state index contributed by atoms with van der Waals surface area (Å²) in [5.74, 6) is 1.09. The molecule has 8 nitrogen and oxygen atoms in total. The van der Waals surface area contributed by atoms with E-state index in [9.17, 15) is 9.59 Å². The number of methoxy groups -OCH3 is 3. The lowest BCUT2D eigenvalue weighted by molar-refractivity contribution is -0.139. The van der Waals surface area contributed by atoms with Crippen LogP contribution >= 0.6 is 22.9 Å². The molecule has 1 atom stereocenters. The van der Waals surface area contributed by atoms with Crippen molar-refractivity contribution in [2.75, 3.05) is 27.9 Å². The van der Waals surface area contributed by atoms with E-state index in [1.54, 1.807) is 39.2 Å². The fraction of sp³-hybridized carbons (Fsp3) is 0.296. The van der Waals surface area contributed by atoms with Gasteiger partial charge in [-0.15, -0.1) is 0 Å². The van der Waals surface area contributed by atoms with E-state index in [1.807, 2.05) is 25.1 Å². The molecule has 2 aromatic carbocycles. The summed E-state index contributed by atoms with van der Waals surface area (Å²) in [7, 11) is 4.63. The van der Waals surface area contributed by atoms with Gasteiger partial charge >= 0.3 is 5.97 Å². The summed E-state index contributed by atoms with van der Waals surface area (Å²) < 4.78 is 23.5. The highest BCUT2D eigenvalue weighted by molar-refractivity contribution is 7.07. The van der Waals surface area contributed by atoms with Crippen LogP contribution in [0.3, 0.4) is 0 Å². The van der Waals surface area contributed by atoms with Crippen LogP contribution in [0.15, 0.2) is 51.4 Å². The standard InChI is InChI=1S/C27H27ClN2O6S/c1-7-36-26(32)23-15(3)29-27-30(24(23)16-9-8-14(2)19(10-16)33-4)25(31)22(37-27)12-17-11-20(34-5)21(35-6)13-18(17)28/h8-13,24H,7H2,1-6H3/b22-12+/t24-/m1/s1. The Bertz CT molecular complexity index is 1590. The molecule has 3 aromatic rings. The summed E-state index contributed by atoms with van der Waals surface area (Å²) in [5.41, 5.74) is 2.69. The number of carbonyl (C=O) groups is 1. The number of nitrogens with zero attached hydrogens (tertiary/aromatic N) is 2. The van der Waals surface area contributed by atoms with Crippen molar-refractivity contribution in [3.05, 3.63) is 83.0 Å². The highest BCUT2D eigenvalue weighted by Crippen LogP contribution is 2.35. The maximum Gasteiger partial charge on any atom is 0.338 e. The first-order valence-corrected chi connectivity index (χ1v) is 12.7. The number of allylic oxidation sites excluding steroid dienone is 1. The molecule has 0 aliphatic carbocycles. The predicted octanol–water partition coefficient (Wildman–Crippen LogP) is 3.79. The fourth-order valence-corrected chi connectivity index (χ4v) is 5.48. The molecule has 0 saturated carbocycles. The number of thiazole rings is 1. The molecule has 0 amide bonds. The van der Waals surface area contributed by atoms with Crippen LogP contribution in [0.4, 0.5) is 0 Å². The highest BCUT2D eigenvalue weighted by atomic mass is 35.5. The average Bonchev–Trinajstić information content (AvgIpc) is 3.18. The molecule has 37 heavy (non-hydrogen) atoms. The van der Waals surface area contributed by atoms with E-state index in [2.05, 4.69) is 4.99 Å². The zero-order valence-corrected chi connectivity index (χ0v) is 23.0. The third-order valence-electron chi connectivity index (χ3n) is 6.05. The number of fused-ring (bicyclic) bond motifs is 1. The first-order chi connectivity index (χ1) is 17.7. The van der Waals surface area contributed by atoms with Crippen LogP contribution in [-0.2, 0) is 9.53 Å². The van der Waals surface area contributed by atoms with E-state index >= 15 is 0 Å². The molecular formula is C27H27ClN2O6S. The highest BCUT2D eigenvalue weighted by Gasteiger charge is 2.33. The number of carbonyl (C=O) groups excluding carboxylic acids is 1. The Morgan fingerprint density at radius 3 is 2.41 bits per heavy atom. The van der Waals surface area contributed by atoms with Crippen LogP contribution in [0.5, 0.6) is 17.2 Å². The van der Waals surface area contributed by atoms with E-state index in [0.29, 0.717) is 54.0 Å². The normalized spacial score (nSPS) is 15.2. The largest absolute Gasteiger partial charge is 0.496 e. The lowest BCUT2D eigenvalue weighted by Gasteiger charge is -2.25. The Labute approximate surface area is 223 Å². The molecule has 0 unspecified atom stereocenters. The fourth-order valence-electron chi connectivity index (χ4n) is 4.24. The molecule has 1 aliphatic heterocycles. The number of aryl methyl sites for hydroxylation is 1. The van der Waals surface area contributed by atoms with E-state index in [4.69, 9.17) is 30.5 Å². The second kappa shape index (κ2) is 10.8. The monoisotopic (exact) mass is 542 g/mol. The Morgan fingerprint density at radius 1 is 1.08 bits per heavy atom. The zero-order valence-electron chi connectivity index (χ0n) is 21.4. The smallest absolute Gasteiger partial charge is 0.338 e. The Morgan fingerprint density at radius 2 is 1.76 bits per heavy atom. The number of hydrogen-bond donors (Lipinski definition) is 0. The van der Waals surface area contributed by atoms with Crippen LogP contribution in [0.2, 0.25) is 5.02 Å². The van der Waals surface area contributed by atoms with Crippen molar-refractivity contribution >= 4 is 35.0 Å². The number of halogens is 1. The van der Waals surface area contributed by atoms with Crippen molar-refractivity contribution in [2.24, 2.45) is 4.99 Å². The summed E-state index contributed by atoms with van der Waals surface area (Å²) >= 11 is 7.69. The second-order valence-corrected chi connectivity index (χ2v) is 9.68. The van der Waals surface area contributed by atoms with Crippen molar-refractivity contribution < 1.29 is 23.7 Å². The molecule has 194 valence electrons. The van der Waals surface area contributed by atoms with Crippen LogP contribution < -0.4 is 29.1 Å². The summed E-state index contributed by atoms with van der Waals surface area (Å²) in [4.78, 5) is 32.0. The number of esters is 1. The Hall–Kier alpha value is -3.56. The number of ether oxygens (including phenoxy) is 4. The first-order valence-electron chi connectivity index (χ1n) is 11.5. The third-order valence-corrected chi connectivity index (χ3v) is 7.36. The quantitative estimate of drug-likeness (QED) is 0.422. The van der Waals surface area contributed by atoms with Gasteiger partial charge < -0.3 is 18.9 Å². The van der Waals surface area contributed by atoms with Crippen LogP contribution in [0, 0.1) is 6.92 Å². The maximum atomic E-state index is 13.8. The van der Waals surface area contributed by atoms with Gasteiger partial charge in [-0.2, -0.15) is 0 Å². The lowest BCUT2D eigenvalue weighted by Crippen LogP contribution is -2.40. The molecular weight excluding hydrogens is 516 g/mol. The summed E-state index contributed by atoms with van der Waals surface area (Å²) in [6.07, 6.45) is 1.68. The van der Waals surface area contributed by atoms with Crippen molar-refractivity contribution in [1.82, 2.24) is 4.57 Å². The molecule has 0 N–H and O–H groups in total. The minimum absolute atomic E-state index is 0.196. The van der Waals surface area contributed by atoms with Gasteiger partial charge in [0.05, 0.1) is 54.8 Å². The van der Waals surface area contributed by atoms with Gasteiger partial charge in [0.15, 0.2) is 16.3 Å². The van der Waals surface area contributed by atoms with Crippen LogP contribution in [-0.4, -0.2) is 38.5 Å². The minimum atomic E-state index is -0.743. The van der Waals surface area contributed by atoms with E-state index < -0.39 is 12.0 Å². The van der Waals surface area contributed by atoms with E-state index in [0.717, 1.165) is 5.56 Å².